The lowest BCUT2D eigenvalue weighted by atomic mass is 10.0. The van der Waals surface area contributed by atoms with Crippen molar-refractivity contribution in [3.63, 3.8) is 0 Å². The molecule has 0 radical (unpaired) electrons. The fourth-order valence-corrected chi connectivity index (χ4v) is 2.62. The molecule has 0 aliphatic heterocycles. The van der Waals surface area contributed by atoms with Crippen LogP contribution in [0.5, 0.6) is 0 Å². The molecule has 0 saturated heterocycles. The van der Waals surface area contributed by atoms with Gasteiger partial charge in [0.15, 0.2) is 0 Å². The molecule has 2 aromatic rings. The van der Waals surface area contributed by atoms with E-state index in [0.29, 0.717) is 5.56 Å². The van der Waals surface area contributed by atoms with Crippen molar-refractivity contribution in [2.24, 2.45) is 0 Å². The van der Waals surface area contributed by atoms with Crippen LogP contribution in [0.15, 0.2) is 42.5 Å². The highest BCUT2D eigenvalue weighted by Crippen LogP contribution is 2.41. The Morgan fingerprint density at radius 1 is 1.24 bits per heavy atom. The molecule has 21 heavy (non-hydrogen) atoms. The number of aryl methyl sites for hydroxylation is 1. The number of rotatable bonds is 5. The molecule has 3 heteroatoms. The van der Waals surface area contributed by atoms with Gasteiger partial charge >= 0.3 is 5.97 Å². The van der Waals surface area contributed by atoms with E-state index in [1.165, 1.54) is 24.0 Å². The molecule has 0 atom stereocenters. The smallest absolute Gasteiger partial charge is 0.335 e. The Bertz CT molecular complexity index is 675. The lowest BCUT2D eigenvalue weighted by molar-refractivity contribution is 0.0697. The lowest BCUT2D eigenvalue weighted by Crippen LogP contribution is -2.05. The molecule has 3 rings (SSSR count). The van der Waals surface area contributed by atoms with E-state index in [0.717, 1.165) is 23.7 Å². The van der Waals surface area contributed by atoms with Gasteiger partial charge in [-0.15, -0.1) is 0 Å². The van der Waals surface area contributed by atoms with Gasteiger partial charge < -0.3 is 10.4 Å². The Labute approximate surface area is 124 Å². The summed E-state index contributed by atoms with van der Waals surface area (Å²) in [5.41, 5.74) is 5.00. The van der Waals surface area contributed by atoms with Crippen molar-refractivity contribution in [2.45, 2.75) is 32.2 Å². The summed E-state index contributed by atoms with van der Waals surface area (Å²) >= 11 is 0. The quantitative estimate of drug-likeness (QED) is 0.864. The Balaban J connectivity index is 1.79. The second kappa shape index (κ2) is 5.60. The number of hydrogen-bond donors (Lipinski definition) is 2. The summed E-state index contributed by atoms with van der Waals surface area (Å²) < 4.78 is 0. The molecule has 0 bridgehead atoms. The first-order valence-electron chi connectivity index (χ1n) is 7.31. The van der Waals surface area contributed by atoms with E-state index in [4.69, 9.17) is 5.11 Å². The first-order valence-corrected chi connectivity index (χ1v) is 7.31. The third kappa shape index (κ3) is 3.07. The lowest BCUT2D eigenvalue weighted by Gasteiger charge is -2.13. The second-order valence-corrected chi connectivity index (χ2v) is 5.66. The van der Waals surface area contributed by atoms with Gasteiger partial charge in [-0.3, -0.25) is 0 Å². The molecule has 0 amide bonds. The van der Waals surface area contributed by atoms with Crippen LogP contribution < -0.4 is 5.32 Å². The molecule has 1 aliphatic carbocycles. The molecule has 1 saturated carbocycles. The highest BCUT2D eigenvalue weighted by atomic mass is 16.4. The van der Waals surface area contributed by atoms with Gasteiger partial charge in [-0.05, 0) is 54.5 Å². The van der Waals surface area contributed by atoms with E-state index < -0.39 is 5.97 Å². The van der Waals surface area contributed by atoms with Gasteiger partial charge in [-0.1, -0.05) is 30.3 Å². The number of nitrogens with one attached hydrogen (secondary N) is 1. The minimum absolute atomic E-state index is 0.318. The molecule has 0 heterocycles. The number of anilines is 1. The largest absolute Gasteiger partial charge is 0.478 e. The van der Waals surface area contributed by atoms with Crippen molar-refractivity contribution >= 4 is 11.7 Å². The van der Waals surface area contributed by atoms with Crippen LogP contribution in [0.1, 0.15) is 45.8 Å². The number of carboxylic acid groups (broad SMARTS) is 1. The van der Waals surface area contributed by atoms with Gasteiger partial charge in [0.2, 0.25) is 0 Å². The third-order valence-corrected chi connectivity index (χ3v) is 4.03. The zero-order chi connectivity index (χ0) is 14.8. The number of benzene rings is 2. The maximum absolute atomic E-state index is 11.1. The topological polar surface area (TPSA) is 49.3 Å². The second-order valence-electron chi connectivity index (χ2n) is 5.66. The molecular weight excluding hydrogens is 262 g/mol. The number of carboxylic acids is 1. The highest BCUT2D eigenvalue weighted by molar-refractivity contribution is 5.89. The molecule has 2 N–H and O–H groups in total. The Morgan fingerprint density at radius 3 is 2.71 bits per heavy atom. The average molecular weight is 281 g/mol. The maximum atomic E-state index is 11.1. The van der Waals surface area contributed by atoms with Crippen molar-refractivity contribution in [2.75, 3.05) is 5.32 Å². The molecule has 0 aromatic heterocycles. The van der Waals surface area contributed by atoms with Crippen molar-refractivity contribution in [3.05, 3.63) is 64.7 Å². The summed E-state index contributed by atoms with van der Waals surface area (Å²) in [6, 6.07) is 13.7. The first-order chi connectivity index (χ1) is 10.1. The van der Waals surface area contributed by atoms with E-state index in [-0.39, 0.29) is 0 Å². The maximum Gasteiger partial charge on any atom is 0.335 e. The average Bonchev–Trinajstić information content (AvgIpc) is 3.31. The van der Waals surface area contributed by atoms with Crippen LogP contribution in [0.2, 0.25) is 0 Å². The van der Waals surface area contributed by atoms with Gasteiger partial charge in [0.1, 0.15) is 0 Å². The van der Waals surface area contributed by atoms with Gasteiger partial charge in [0.25, 0.3) is 0 Å². The highest BCUT2D eigenvalue weighted by Gasteiger charge is 2.25. The Morgan fingerprint density at radius 2 is 2.00 bits per heavy atom. The fourth-order valence-electron chi connectivity index (χ4n) is 2.62. The minimum Gasteiger partial charge on any atom is -0.478 e. The Kier molecular flexibility index (Phi) is 3.65. The van der Waals surface area contributed by atoms with E-state index >= 15 is 0 Å². The van der Waals surface area contributed by atoms with Crippen molar-refractivity contribution in [3.8, 4) is 0 Å². The van der Waals surface area contributed by atoms with E-state index in [1.807, 2.05) is 13.0 Å². The minimum atomic E-state index is -0.892. The van der Waals surface area contributed by atoms with Crippen LogP contribution in [0.3, 0.4) is 0 Å². The molecule has 1 aliphatic rings. The van der Waals surface area contributed by atoms with Crippen LogP contribution in [-0.2, 0) is 6.54 Å². The van der Waals surface area contributed by atoms with Gasteiger partial charge in [-0.25, -0.2) is 4.79 Å². The van der Waals surface area contributed by atoms with Crippen molar-refractivity contribution in [1.82, 2.24) is 0 Å². The monoisotopic (exact) mass is 281 g/mol. The fraction of sp³-hybridized carbons (Fsp3) is 0.278. The number of carbonyl (C=O) groups is 1. The summed E-state index contributed by atoms with van der Waals surface area (Å²) in [4.78, 5) is 11.1. The van der Waals surface area contributed by atoms with Gasteiger partial charge in [-0.2, -0.15) is 0 Å². The number of hydrogen-bond acceptors (Lipinski definition) is 2. The molecular formula is C18H19NO2. The zero-order valence-electron chi connectivity index (χ0n) is 12.1. The molecule has 0 unspecified atom stereocenters. The predicted molar refractivity (Wildman–Crippen MR) is 83.9 cm³/mol. The molecule has 0 spiro atoms. The standard InChI is InChI=1S/C18H19NO2/c1-12-6-7-14(18(20)21)10-17(12)19-11-15-4-2-3-5-16(15)13-8-9-13/h2-7,10,13,19H,8-9,11H2,1H3,(H,20,21). The van der Waals surface area contributed by atoms with Crippen molar-refractivity contribution in [1.29, 1.82) is 0 Å². The summed E-state index contributed by atoms with van der Waals surface area (Å²) in [7, 11) is 0. The number of aromatic carboxylic acids is 1. The SMILES string of the molecule is Cc1ccc(C(=O)O)cc1NCc1ccccc1C1CC1. The van der Waals surface area contributed by atoms with Crippen LogP contribution in [0, 0.1) is 6.92 Å². The summed E-state index contributed by atoms with van der Waals surface area (Å²) in [6.07, 6.45) is 2.56. The van der Waals surface area contributed by atoms with Crippen LogP contribution in [-0.4, -0.2) is 11.1 Å². The molecule has 108 valence electrons. The summed E-state index contributed by atoms with van der Waals surface area (Å²) in [5, 5.41) is 12.5. The van der Waals surface area contributed by atoms with Gasteiger partial charge in [0.05, 0.1) is 5.56 Å². The first kappa shape index (κ1) is 13.7. The predicted octanol–water partition coefficient (Wildman–Crippen LogP) is 4.18. The molecule has 2 aromatic carbocycles. The van der Waals surface area contributed by atoms with E-state index in [9.17, 15) is 4.79 Å². The normalized spacial score (nSPS) is 14.0. The van der Waals surface area contributed by atoms with Crippen LogP contribution >= 0.6 is 0 Å². The summed E-state index contributed by atoms with van der Waals surface area (Å²) in [6.45, 7) is 2.72. The third-order valence-electron chi connectivity index (χ3n) is 4.03. The molecule has 1 fully saturated rings. The van der Waals surface area contributed by atoms with E-state index in [1.54, 1.807) is 12.1 Å². The van der Waals surface area contributed by atoms with Crippen LogP contribution in [0.25, 0.3) is 0 Å². The Hall–Kier alpha value is -2.29. The summed E-state index contributed by atoms with van der Waals surface area (Å²) in [5.74, 6) is -0.175. The van der Waals surface area contributed by atoms with Crippen molar-refractivity contribution < 1.29 is 9.90 Å². The van der Waals surface area contributed by atoms with Crippen LogP contribution in [0.4, 0.5) is 5.69 Å². The van der Waals surface area contributed by atoms with E-state index in [2.05, 4.69) is 29.6 Å². The van der Waals surface area contributed by atoms with Gasteiger partial charge in [0, 0.05) is 12.2 Å². The zero-order valence-corrected chi connectivity index (χ0v) is 12.1. The molecule has 3 nitrogen and oxygen atoms in total.